The fraction of sp³-hybridized carbons (Fsp3) is 0.214. The summed E-state index contributed by atoms with van der Waals surface area (Å²) in [5.74, 6) is 0.229. The van der Waals surface area contributed by atoms with Crippen LogP contribution in [0.3, 0.4) is 0 Å². The molecule has 0 heterocycles. The molecule has 1 aliphatic carbocycles. The second-order valence-electron chi connectivity index (χ2n) is 7.85. The summed E-state index contributed by atoms with van der Waals surface area (Å²) < 4.78 is 12.4. The van der Waals surface area contributed by atoms with Gasteiger partial charge in [-0.1, -0.05) is 60.7 Å². The Morgan fingerprint density at radius 3 is 2.30 bits per heavy atom. The number of hydrogen-bond donors (Lipinski definition) is 1. The van der Waals surface area contributed by atoms with Crippen LogP contribution in [0, 0.1) is 0 Å². The Bertz CT molecular complexity index is 1190. The second-order valence-corrected chi connectivity index (χ2v) is 7.85. The van der Waals surface area contributed by atoms with Gasteiger partial charge in [0.2, 0.25) is 0 Å². The lowest BCUT2D eigenvalue weighted by Crippen LogP contribution is -2.22. The van der Waals surface area contributed by atoms with Gasteiger partial charge >= 0.3 is 5.97 Å². The third-order valence-corrected chi connectivity index (χ3v) is 5.59. The minimum atomic E-state index is -0.464. The molecule has 4 rings (SSSR count). The molecular formula is C28H28NO4+. The molecule has 0 radical (unpaired) electrons. The molecule has 5 heteroatoms. The summed E-state index contributed by atoms with van der Waals surface area (Å²) in [6.07, 6.45) is 1.83. The van der Waals surface area contributed by atoms with Gasteiger partial charge in [0.05, 0.1) is 18.8 Å². The van der Waals surface area contributed by atoms with Crippen molar-refractivity contribution in [3.05, 3.63) is 107 Å². The Labute approximate surface area is 194 Å². The predicted octanol–water partition coefficient (Wildman–Crippen LogP) is 4.90. The minimum Gasteiger partial charge on any atom is -0.494 e. The maximum Gasteiger partial charge on any atom is 0.345 e. The van der Waals surface area contributed by atoms with Gasteiger partial charge in [-0.25, -0.2) is 4.79 Å². The van der Waals surface area contributed by atoms with Gasteiger partial charge in [0.15, 0.2) is 7.05 Å². The maximum atomic E-state index is 13.0. The number of carbonyl (C=O) groups excluding carboxylic acids is 1. The second kappa shape index (κ2) is 10.2. The van der Waals surface area contributed by atoms with Crippen LogP contribution >= 0.6 is 0 Å². The van der Waals surface area contributed by atoms with Crippen LogP contribution in [-0.4, -0.2) is 41.9 Å². The zero-order valence-electron chi connectivity index (χ0n) is 19.0. The Morgan fingerprint density at radius 1 is 0.939 bits per heavy atom. The summed E-state index contributed by atoms with van der Waals surface area (Å²) in [6, 6.07) is 25.7. The zero-order valence-corrected chi connectivity index (χ0v) is 19.0. The molecule has 3 aromatic carbocycles. The van der Waals surface area contributed by atoms with E-state index in [9.17, 15) is 10.0 Å². The van der Waals surface area contributed by atoms with Crippen molar-refractivity contribution in [2.75, 3.05) is 20.3 Å². The number of fused-ring (bicyclic) bond motifs is 1. The van der Waals surface area contributed by atoms with E-state index in [0.717, 1.165) is 39.8 Å². The lowest BCUT2D eigenvalue weighted by atomic mass is 9.97. The van der Waals surface area contributed by atoms with Crippen molar-refractivity contribution < 1.29 is 24.2 Å². The third kappa shape index (κ3) is 4.82. The van der Waals surface area contributed by atoms with Crippen molar-refractivity contribution in [3.8, 4) is 5.75 Å². The van der Waals surface area contributed by atoms with E-state index >= 15 is 0 Å². The Balaban J connectivity index is 1.64. The monoisotopic (exact) mass is 442 g/mol. The Morgan fingerprint density at radius 2 is 1.64 bits per heavy atom. The van der Waals surface area contributed by atoms with Crippen molar-refractivity contribution in [2.45, 2.75) is 19.8 Å². The first-order valence-corrected chi connectivity index (χ1v) is 11.2. The fourth-order valence-electron chi connectivity index (χ4n) is 4.17. The first-order chi connectivity index (χ1) is 16.1. The maximum absolute atomic E-state index is 13.0. The first-order valence-electron chi connectivity index (χ1n) is 11.2. The van der Waals surface area contributed by atoms with E-state index in [0.29, 0.717) is 23.6 Å². The zero-order chi connectivity index (χ0) is 23.2. The summed E-state index contributed by atoms with van der Waals surface area (Å²) in [4.78, 5) is 13.0. The smallest absolute Gasteiger partial charge is 0.345 e. The summed E-state index contributed by atoms with van der Waals surface area (Å²) in [6.45, 7) is 2.59. The number of benzene rings is 3. The molecule has 0 saturated heterocycles. The van der Waals surface area contributed by atoms with Crippen LogP contribution in [0.1, 0.15) is 35.6 Å². The number of rotatable bonds is 8. The first kappa shape index (κ1) is 22.3. The molecule has 0 amide bonds. The standard InChI is InChI=1S/C28H28NO4/c1-3-32-28(30)26-25(21-14-8-5-9-15-21)23-17-16-22(19-24(23)27(26)29(2)31)33-18-10-13-20-11-6-4-7-12-20/h4-9,11-12,14-17,19,31H,3,10,13,18H2,1-2H3/q+1/b29-27+. The van der Waals surface area contributed by atoms with E-state index < -0.39 is 5.97 Å². The number of aryl methyl sites for hydroxylation is 1. The quantitative estimate of drug-likeness (QED) is 0.177. The van der Waals surface area contributed by atoms with Gasteiger partial charge in [0.25, 0.3) is 5.71 Å². The molecule has 1 N–H and O–H groups in total. The average molecular weight is 443 g/mol. The largest absolute Gasteiger partial charge is 0.494 e. The number of esters is 1. The number of hydrogen-bond acceptors (Lipinski definition) is 4. The highest BCUT2D eigenvalue weighted by atomic mass is 16.5. The minimum absolute atomic E-state index is 0.249. The SMILES string of the molecule is CCOC(=O)C1=C(c2ccccc2)c2ccc(OCCCc3ccccc3)cc2/C1=[N+](/C)O. The topological polar surface area (TPSA) is 58.8 Å². The van der Waals surface area contributed by atoms with Crippen molar-refractivity contribution in [1.82, 2.24) is 0 Å². The van der Waals surface area contributed by atoms with Crippen molar-refractivity contribution in [3.63, 3.8) is 0 Å². The van der Waals surface area contributed by atoms with Crippen LogP contribution in [0.15, 0.2) is 84.4 Å². The van der Waals surface area contributed by atoms with Crippen molar-refractivity contribution in [1.29, 1.82) is 0 Å². The highest BCUT2D eigenvalue weighted by Gasteiger charge is 2.40. The normalized spacial score (nSPS) is 14.1. The van der Waals surface area contributed by atoms with Crippen LogP contribution < -0.4 is 4.74 Å². The van der Waals surface area contributed by atoms with Crippen LogP contribution in [0.25, 0.3) is 5.57 Å². The van der Waals surface area contributed by atoms with Crippen LogP contribution in [0.4, 0.5) is 0 Å². The summed E-state index contributed by atoms with van der Waals surface area (Å²) >= 11 is 0. The molecule has 0 unspecified atom stereocenters. The van der Waals surface area contributed by atoms with E-state index in [-0.39, 0.29) is 6.61 Å². The third-order valence-electron chi connectivity index (χ3n) is 5.59. The number of carbonyl (C=O) groups is 1. The van der Waals surface area contributed by atoms with Crippen molar-refractivity contribution >= 4 is 17.3 Å². The van der Waals surface area contributed by atoms with Crippen LogP contribution in [0.2, 0.25) is 0 Å². The average Bonchev–Trinajstić information content (AvgIpc) is 3.18. The van der Waals surface area contributed by atoms with Gasteiger partial charge in [0, 0.05) is 5.57 Å². The molecule has 0 aromatic heterocycles. The lowest BCUT2D eigenvalue weighted by Gasteiger charge is -2.09. The van der Waals surface area contributed by atoms with Crippen LogP contribution in [-0.2, 0) is 16.0 Å². The fourth-order valence-corrected chi connectivity index (χ4v) is 4.17. The summed E-state index contributed by atoms with van der Waals surface area (Å²) in [5, 5.41) is 10.5. The van der Waals surface area contributed by atoms with Gasteiger partial charge in [-0.15, -0.1) is 0 Å². The highest BCUT2D eigenvalue weighted by Crippen LogP contribution is 2.39. The summed E-state index contributed by atoms with van der Waals surface area (Å²) in [7, 11) is 1.51. The molecule has 0 bridgehead atoms. The molecule has 0 fully saturated rings. The van der Waals surface area contributed by atoms with E-state index in [2.05, 4.69) is 12.1 Å². The molecule has 0 aliphatic heterocycles. The Kier molecular flexibility index (Phi) is 6.89. The Hall–Kier alpha value is -3.86. The molecule has 0 atom stereocenters. The van der Waals surface area contributed by atoms with Crippen LogP contribution in [0.5, 0.6) is 5.75 Å². The van der Waals surface area contributed by atoms with E-state index in [1.54, 1.807) is 6.92 Å². The molecule has 5 nitrogen and oxygen atoms in total. The van der Waals surface area contributed by atoms with Gasteiger partial charge in [0.1, 0.15) is 11.3 Å². The lowest BCUT2D eigenvalue weighted by molar-refractivity contribution is -0.753. The van der Waals surface area contributed by atoms with Crippen molar-refractivity contribution in [2.24, 2.45) is 0 Å². The number of ether oxygens (including phenoxy) is 2. The molecule has 168 valence electrons. The number of hydroxylamine groups is 1. The summed E-state index contributed by atoms with van der Waals surface area (Å²) in [5.41, 5.74) is 5.27. The molecule has 33 heavy (non-hydrogen) atoms. The molecule has 0 spiro atoms. The van der Waals surface area contributed by atoms with E-state index in [4.69, 9.17) is 9.47 Å². The van der Waals surface area contributed by atoms with Gasteiger partial charge in [-0.3, -0.25) is 5.21 Å². The predicted molar refractivity (Wildman–Crippen MR) is 128 cm³/mol. The molecule has 3 aromatic rings. The van der Waals surface area contributed by atoms with E-state index in [1.165, 1.54) is 12.6 Å². The van der Waals surface area contributed by atoms with Gasteiger partial charge in [-0.2, -0.15) is 0 Å². The molecule has 0 saturated carbocycles. The highest BCUT2D eigenvalue weighted by molar-refractivity contribution is 6.35. The molecular weight excluding hydrogens is 414 g/mol. The van der Waals surface area contributed by atoms with Gasteiger partial charge < -0.3 is 9.47 Å². The molecule has 1 aliphatic rings. The van der Waals surface area contributed by atoms with E-state index in [1.807, 2.05) is 66.7 Å². The van der Waals surface area contributed by atoms with Gasteiger partial charge in [-0.05, 0) is 59.4 Å². The number of nitrogens with zero attached hydrogens (tertiary/aromatic N) is 1.